The summed E-state index contributed by atoms with van der Waals surface area (Å²) >= 11 is 0. The summed E-state index contributed by atoms with van der Waals surface area (Å²) in [5, 5.41) is 2.31. The van der Waals surface area contributed by atoms with E-state index >= 15 is 0 Å². The Labute approximate surface area is 227 Å². The molecule has 0 N–H and O–H groups in total. The maximum atomic E-state index is 13.4. The van der Waals surface area contributed by atoms with Gasteiger partial charge in [0, 0.05) is 0 Å². The van der Waals surface area contributed by atoms with Crippen LogP contribution in [0.2, 0.25) is 0 Å². The van der Waals surface area contributed by atoms with E-state index in [1.807, 2.05) is 50.3 Å². The van der Waals surface area contributed by atoms with Gasteiger partial charge in [0.05, 0.1) is 18.2 Å². The lowest BCUT2D eigenvalue weighted by Crippen LogP contribution is -2.47. The summed E-state index contributed by atoms with van der Waals surface area (Å²) < 4.78 is 11.3. The summed E-state index contributed by atoms with van der Waals surface area (Å²) in [4.78, 5) is 40.6. The highest BCUT2D eigenvalue weighted by atomic mass is 16.6. The number of imide groups is 1. The maximum Gasteiger partial charge on any atom is 0.334 e. The van der Waals surface area contributed by atoms with Crippen LogP contribution >= 0.6 is 0 Å². The number of ether oxygens (including phenoxy) is 2. The molecule has 0 spiro atoms. The lowest BCUT2D eigenvalue weighted by Gasteiger charge is -2.26. The number of esters is 1. The number of fused-ring (bicyclic) bond motifs is 2. The number of hydrogen-bond acceptors (Lipinski definition) is 5. The van der Waals surface area contributed by atoms with E-state index in [0.29, 0.717) is 16.9 Å². The number of methoxy groups -OCH3 is 1. The molecule has 6 nitrogen and oxygen atoms in total. The molecule has 0 saturated heterocycles. The zero-order valence-electron chi connectivity index (χ0n) is 22.1. The molecule has 0 aliphatic carbocycles. The van der Waals surface area contributed by atoms with E-state index in [4.69, 9.17) is 9.47 Å². The summed E-state index contributed by atoms with van der Waals surface area (Å²) in [5.41, 5.74) is 2.53. The minimum atomic E-state index is -1.06. The molecular weight excluding hydrogens is 490 g/mol. The van der Waals surface area contributed by atoms with Crippen molar-refractivity contribution >= 4 is 40.7 Å². The highest BCUT2D eigenvalue weighted by Crippen LogP contribution is 2.32. The number of rotatable bonds is 8. The first-order valence-electron chi connectivity index (χ1n) is 12.9. The Morgan fingerprint density at radius 2 is 1.49 bits per heavy atom. The Hall–Kier alpha value is -4.71. The van der Waals surface area contributed by atoms with Crippen molar-refractivity contribution in [3.63, 3.8) is 0 Å². The number of benzene rings is 4. The van der Waals surface area contributed by atoms with Crippen molar-refractivity contribution < 1.29 is 23.9 Å². The fraction of sp³-hybridized carbons (Fsp3) is 0.182. The zero-order valence-corrected chi connectivity index (χ0v) is 22.1. The average Bonchev–Trinajstić information content (AvgIpc) is 3.20. The largest absolute Gasteiger partial charge is 0.493 e. The number of carbonyl (C=O) groups excluding carboxylic acids is 3. The summed E-state index contributed by atoms with van der Waals surface area (Å²) in [6.07, 6.45) is 4.28. The third-order valence-corrected chi connectivity index (χ3v) is 6.78. The molecule has 6 heteroatoms. The maximum absolute atomic E-state index is 13.4. The summed E-state index contributed by atoms with van der Waals surface area (Å²) in [6.45, 7) is 3.85. The second-order valence-corrected chi connectivity index (χ2v) is 9.90. The van der Waals surface area contributed by atoms with Gasteiger partial charge in [-0.2, -0.15) is 0 Å². The first-order valence-corrected chi connectivity index (χ1v) is 12.9. The fourth-order valence-corrected chi connectivity index (χ4v) is 4.87. The molecule has 0 bridgehead atoms. The first-order chi connectivity index (χ1) is 18.9. The second-order valence-electron chi connectivity index (χ2n) is 9.90. The standard InChI is InChI=1S/C33H29NO5/c1-21(2)19-28(34-31(35)26-13-6-7-14-27(26)32(34)36)33(37)39-29-18-16-22(20-30(29)38-3)15-17-24-11-8-10-23-9-4-5-12-25(23)24/h4-18,20-21,28H,19H2,1-3H3. The predicted octanol–water partition coefficient (Wildman–Crippen LogP) is 6.64. The lowest BCUT2D eigenvalue weighted by atomic mass is 10.0. The van der Waals surface area contributed by atoms with E-state index < -0.39 is 23.8 Å². The van der Waals surface area contributed by atoms with Gasteiger partial charge in [0.15, 0.2) is 11.5 Å². The Balaban J connectivity index is 1.39. The first kappa shape index (κ1) is 25.9. The van der Waals surface area contributed by atoms with Crippen LogP contribution in [0.3, 0.4) is 0 Å². The van der Waals surface area contributed by atoms with Gasteiger partial charge in [-0.1, -0.05) is 86.7 Å². The molecule has 1 aliphatic rings. The van der Waals surface area contributed by atoms with Crippen LogP contribution in [0.15, 0.2) is 84.9 Å². The van der Waals surface area contributed by atoms with Crippen LogP contribution in [0.1, 0.15) is 52.1 Å². The molecule has 1 atom stereocenters. The Kier molecular flexibility index (Phi) is 7.28. The number of hydrogen-bond donors (Lipinski definition) is 0. The van der Waals surface area contributed by atoms with Crippen LogP contribution in [-0.2, 0) is 4.79 Å². The van der Waals surface area contributed by atoms with Crippen LogP contribution in [0.4, 0.5) is 0 Å². The minimum absolute atomic E-state index is 0.0374. The third kappa shape index (κ3) is 5.18. The van der Waals surface area contributed by atoms with E-state index in [-0.39, 0.29) is 18.1 Å². The van der Waals surface area contributed by atoms with Crippen molar-refractivity contribution in [2.45, 2.75) is 26.3 Å². The van der Waals surface area contributed by atoms with Crippen molar-refractivity contribution in [2.75, 3.05) is 7.11 Å². The Morgan fingerprint density at radius 1 is 0.821 bits per heavy atom. The van der Waals surface area contributed by atoms with Crippen molar-refractivity contribution in [1.82, 2.24) is 4.90 Å². The molecule has 5 rings (SSSR count). The van der Waals surface area contributed by atoms with E-state index in [0.717, 1.165) is 26.8 Å². The molecule has 4 aromatic carbocycles. The molecule has 0 saturated carbocycles. The molecule has 1 aliphatic heterocycles. The topological polar surface area (TPSA) is 72.9 Å². The van der Waals surface area contributed by atoms with Gasteiger partial charge in [-0.15, -0.1) is 0 Å². The van der Waals surface area contributed by atoms with Crippen molar-refractivity contribution in [3.8, 4) is 11.5 Å². The van der Waals surface area contributed by atoms with E-state index in [2.05, 4.69) is 24.3 Å². The molecule has 1 unspecified atom stereocenters. The smallest absolute Gasteiger partial charge is 0.334 e. The van der Waals surface area contributed by atoms with Crippen LogP contribution in [0.25, 0.3) is 22.9 Å². The predicted molar refractivity (Wildman–Crippen MR) is 152 cm³/mol. The fourth-order valence-electron chi connectivity index (χ4n) is 4.87. The second kappa shape index (κ2) is 11.0. The van der Waals surface area contributed by atoms with Crippen LogP contribution < -0.4 is 9.47 Å². The summed E-state index contributed by atoms with van der Waals surface area (Å²) in [6, 6.07) is 25.1. The van der Waals surface area contributed by atoms with Gasteiger partial charge >= 0.3 is 5.97 Å². The Morgan fingerprint density at radius 3 is 2.18 bits per heavy atom. The van der Waals surface area contributed by atoms with E-state index in [9.17, 15) is 14.4 Å². The molecule has 0 aromatic heterocycles. The van der Waals surface area contributed by atoms with Crippen LogP contribution in [0, 0.1) is 5.92 Å². The summed E-state index contributed by atoms with van der Waals surface area (Å²) in [7, 11) is 1.50. The molecule has 196 valence electrons. The SMILES string of the molecule is COc1cc(C=Cc2cccc3ccccc23)ccc1OC(=O)C(CC(C)C)N1C(=O)c2ccccc2C1=O. The normalized spacial score (nSPS) is 13.8. The van der Waals surface area contributed by atoms with Gasteiger partial charge in [0.25, 0.3) is 11.8 Å². The third-order valence-electron chi connectivity index (χ3n) is 6.78. The van der Waals surface area contributed by atoms with E-state index in [1.54, 1.807) is 36.4 Å². The van der Waals surface area contributed by atoms with Gasteiger partial charge in [0.2, 0.25) is 0 Å². The van der Waals surface area contributed by atoms with Gasteiger partial charge in [-0.3, -0.25) is 14.5 Å². The molecule has 39 heavy (non-hydrogen) atoms. The quantitative estimate of drug-likeness (QED) is 0.113. The summed E-state index contributed by atoms with van der Waals surface area (Å²) in [5.74, 6) is -1.03. The van der Waals surface area contributed by atoms with Gasteiger partial charge in [-0.25, -0.2) is 4.79 Å². The van der Waals surface area contributed by atoms with Crippen molar-refractivity contribution in [3.05, 3.63) is 107 Å². The lowest BCUT2D eigenvalue weighted by molar-refractivity contribution is -0.139. The highest BCUT2D eigenvalue weighted by Gasteiger charge is 2.43. The minimum Gasteiger partial charge on any atom is -0.493 e. The van der Waals surface area contributed by atoms with Gasteiger partial charge < -0.3 is 9.47 Å². The van der Waals surface area contributed by atoms with Crippen LogP contribution in [0.5, 0.6) is 11.5 Å². The number of carbonyl (C=O) groups is 3. The molecule has 1 heterocycles. The number of nitrogens with zero attached hydrogens (tertiary/aromatic N) is 1. The Bertz CT molecular complexity index is 1560. The molecular formula is C33H29NO5. The molecule has 4 aromatic rings. The average molecular weight is 520 g/mol. The molecule has 2 amide bonds. The van der Waals surface area contributed by atoms with Crippen LogP contribution in [-0.4, -0.2) is 35.8 Å². The van der Waals surface area contributed by atoms with Gasteiger partial charge in [-0.05, 0) is 58.5 Å². The van der Waals surface area contributed by atoms with Crippen molar-refractivity contribution in [1.29, 1.82) is 0 Å². The van der Waals surface area contributed by atoms with Gasteiger partial charge in [0.1, 0.15) is 6.04 Å². The molecule has 0 fully saturated rings. The monoisotopic (exact) mass is 519 g/mol. The van der Waals surface area contributed by atoms with Crippen molar-refractivity contribution in [2.24, 2.45) is 5.92 Å². The zero-order chi connectivity index (χ0) is 27.5. The van der Waals surface area contributed by atoms with E-state index in [1.165, 1.54) is 7.11 Å². The molecule has 0 radical (unpaired) electrons. The highest BCUT2D eigenvalue weighted by molar-refractivity contribution is 6.22. The number of amides is 2.